The zero-order valence-electron chi connectivity index (χ0n) is 15.1. The molecule has 1 N–H and O–H groups in total. The molecule has 5 rings (SSSR count). The first-order valence-electron chi connectivity index (χ1n) is 9.42. The van der Waals surface area contributed by atoms with Crippen LogP contribution < -0.4 is 10.5 Å². The van der Waals surface area contributed by atoms with E-state index in [1.54, 1.807) is 6.20 Å². The fraction of sp³-hybridized carbons (Fsp3) is 0.450. The van der Waals surface area contributed by atoms with Crippen molar-refractivity contribution in [3.8, 4) is 10.6 Å². The molecule has 5 nitrogen and oxygen atoms in total. The number of fused-ring (bicyclic) bond motifs is 3. The number of rotatable bonds is 3. The van der Waals surface area contributed by atoms with Gasteiger partial charge in [-0.05, 0) is 61.8 Å². The predicted octanol–water partition coefficient (Wildman–Crippen LogP) is 4.01. The van der Waals surface area contributed by atoms with Gasteiger partial charge in [0.1, 0.15) is 16.6 Å². The molecule has 140 valence electrons. The van der Waals surface area contributed by atoms with Crippen LogP contribution in [0.3, 0.4) is 0 Å². The molecule has 4 atom stereocenters. The number of pyridine rings is 1. The van der Waals surface area contributed by atoms with Crippen LogP contribution in [0.1, 0.15) is 25.7 Å². The van der Waals surface area contributed by atoms with Crippen molar-refractivity contribution in [2.45, 2.75) is 37.9 Å². The summed E-state index contributed by atoms with van der Waals surface area (Å²) in [7, 11) is 1.92. The SMILES string of the molecule is CN(c1ccc(-c2cc3cc[nH]c(=O)c3s2)nn1)[C@H]1C[C@@H]2CC[C@@H](C2)[C@H]1F. The van der Waals surface area contributed by atoms with Crippen molar-refractivity contribution >= 4 is 27.2 Å². The lowest BCUT2D eigenvalue weighted by atomic mass is 9.83. The number of hydrogen-bond donors (Lipinski definition) is 1. The summed E-state index contributed by atoms with van der Waals surface area (Å²) < 4.78 is 15.5. The fourth-order valence-corrected chi connectivity index (χ4v) is 5.71. The van der Waals surface area contributed by atoms with E-state index in [-0.39, 0.29) is 17.5 Å². The molecule has 2 aliphatic carbocycles. The third-order valence-electron chi connectivity index (χ3n) is 6.18. The minimum atomic E-state index is -0.787. The van der Waals surface area contributed by atoms with E-state index in [2.05, 4.69) is 15.2 Å². The minimum absolute atomic E-state index is 0.0889. The van der Waals surface area contributed by atoms with Crippen molar-refractivity contribution in [1.82, 2.24) is 15.2 Å². The van der Waals surface area contributed by atoms with E-state index in [9.17, 15) is 9.18 Å². The number of nitrogens with one attached hydrogen (secondary N) is 1. The molecule has 3 heterocycles. The highest BCUT2D eigenvalue weighted by Gasteiger charge is 2.44. The van der Waals surface area contributed by atoms with Crippen molar-refractivity contribution in [2.24, 2.45) is 11.8 Å². The number of aromatic nitrogens is 3. The number of aromatic amines is 1. The smallest absolute Gasteiger partial charge is 0.265 e. The average molecular weight is 384 g/mol. The molecule has 7 heteroatoms. The summed E-state index contributed by atoms with van der Waals surface area (Å²) >= 11 is 1.41. The maximum Gasteiger partial charge on any atom is 0.265 e. The Kier molecular flexibility index (Phi) is 4.00. The Morgan fingerprint density at radius 2 is 2.11 bits per heavy atom. The fourth-order valence-electron chi connectivity index (χ4n) is 4.69. The van der Waals surface area contributed by atoms with Gasteiger partial charge < -0.3 is 9.88 Å². The highest BCUT2D eigenvalue weighted by Crippen LogP contribution is 2.45. The number of H-pyrrole nitrogens is 1. The zero-order valence-corrected chi connectivity index (χ0v) is 15.9. The lowest BCUT2D eigenvalue weighted by Gasteiger charge is -2.38. The number of alkyl halides is 1. The Morgan fingerprint density at radius 3 is 2.89 bits per heavy atom. The van der Waals surface area contributed by atoms with E-state index in [1.807, 2.05) is 36.2 Å². The third kappa shape index (κ3) is 2.84. The maximum absolute atomic E-state index is 14.9. The van der Waals surface area contributed by atoms with E-state index >= 15 is 0 Å². The summed E-state index contributed by atoms with van der Waals surface area (Å²) in [4.78, 5) is 17.5. The Hall–Kier alpha value is -2.28. The largest absolute Gasteiger partial charge is 0.352 e. The van der Waals surface area contributed by atoms with Gasteiger partial charge in [0.25, 0.3) is 5.56 Å². The second kappa shape index (κ2) is 6.41. The summed E-state index contributed by atoms with van der Waals surface area (Å²) in [5, 5.41) is 9.61. The molecular weight excluding hydrogens is 363 g/mol. The molecule has 0 unspecified atom stereocenters. The second-order valence-corrected chi connectivity index (χ2v) is 8.83. The van der Waals surface area contributed by atoms with Crippen LogP contribution >= 0.6 is 11.3 Å². The Balaban J connectivity index is 1.41. The molecule has 3 aromatic rings. The van der Waals surface area contributed by atoms with Gasteiger partial charge in [0.2, 0.25) is 0 Å². The first-order valence-corrected chi connectivity index (χ1v) is 10.2. The summed E-state index contributed by atoms with van der Waals surface area (Å²) in [6, 6.07) is 7.53. The van der Waals surface area contributed by atoms with Crippen LogP contribution in [0, 0.1) is 11.8 Å². The van der Waals surface area contributed by atoms with Crippen LogP contribution in [0.25, 0.3) is 20.7 Å². The molecular formula is C20H21FN4OS. The van der Waals surface area contributed by atoms with Gasteiger partial charge in [-0.2, -0.15) is 0 Å². The molecule has 0 aromatic carbocycles. The van der Waals surface area contributed by atoms with Crippen LogP contribution in [0.15, 0.2) is 35.3 Å². The quantitative estimate of drug-likeness (QED) is 0.741. The molecule has 2 fully saturated rings. The van der Waals surface area contributed by atoms with E-state index in [4.69, 9.17) is 0 Å². The molecule has 2 saturated carbocycles. The standard InChI is InChI=1S/C20H21FN4OS/c1-25(15-9-11-2-3-12(8-11)18(15)21)17-5-4-14(23-24-17)16-10-13-6-7-22-20(26)19(13)27-16/h4-7,10-12,15,18H,2-3,8-9H2,1H3,(H,22,26)/t11-,12+,15+,18-/m1/s1. The van der Waals surface area contributed by atoms with E-state index in [0.717, 1.165) is 41.6 Å². The lowest BCUT2D eigenvalue weighted by Crippen LogP contribution is -2.46. The molecule has 0 radical (unpaired) electrons. The van der Waals surface area contributed by atoms with Gasteiger partial charge in [0.05, 0.1) is 10.9 Å². The van der Waals surface area contributed by atoms with Crippen molar-refractivity contribution in [2.75, 3.05) is 11.9 Å². The normalized spacial score (nSPS) is 27.2. The van der Waals surface area contributed by atoms with Crippen LogP contribution in [0.2, 0.25) is 0 Å². The molecule has 3 aromatic heterocycles. The predicted molar refractivity (Wildman–Crippen MR) is 106 cm³/mol. The summed E-state index contributed by atoms with van der Waals surface area (Å²) in [6.07, 6.45) is 4.98. The number of nitrogens with zero attached hydrogens (tertiary/aromatic N) is 3. The summed E-state index contributed by atoms with van der Waals surface area (Å²) in [5.41, 5.74) is 0.641. The highest BCUT2D eigenvalue weighted by atomic mass is 32.1. The summed E-state index contributed by atoms with van der Waals surface area (Å²) in [6.45, 7) is 0. The van der Waals surface area contributed by atoms with E-state index in [0.29, 0.717) is 16.4 Å². The Labute approximate surface area is 160 Å². The van der Waals surface area contributed by atoms with Crippen molar-refractivity contribution < 1.29 is 4.39 Å². The monoisotopic (exact) mass is 384 g/mol. The van der Waals surface area contributed by atoms with Gasteiger partial charge in [-0.3, -0.25) is 4.79 Å². The summed E-state index contributed by atoms with van der Waals surface area (Å²) in [5.74, 6) is 1.56. The molecule has 0 amide bonds. The van der Waals surface area contributed by atoms with Gasteiger partial charge in [-0.15, -0.1) is 21.5 Å². The van der Waals surface area contributed by atoms with Crippen molar-refractivity contribution in [3.63, 3.8) is 0 Å². The van der Waals surface area contributed by atoms with Gasteiger partial charge in [0.15, 0.2) is 5.82 Å². The van der Waals surface area contributed by atoms with Gasteiger partial charge >= 0.3 is 0 Å². The van der Waals surface area contributed by atoms with Gasteiger partial charge in [0, 0.05) is 18.6 Å². The molecule has 27 heavy (non-hydrogen) atoms. The number of halogens is 1. The topological polar surface area (TPSA) is 61.9 Å². The number of hydrogen-bond acceptors (Lipinski definition) is 5. The Morgan fingerprint density at radius 1 is 1.22 bits per heavy atom. The maximum atomic E-state index is 14.9. The number of thiophene rings is 1. The van der Waals surface area contributed by atoms with Gasteiger partial charge in [-0.1, -0.05) is 0 Å². The highest BCUT2D eigenvalue weighted by molar-refractivity contribution is 7.22. The average Bonchev–Trinajstić information content (AvgIpc) is 3.30. The molecule has 2 bridgehead atoms. The number of anilines is 1. The van der Waals surface area contributed by atoms with Crippen molar-refractivity contribution in [1.29, 1.82) is 0 Å². The molecule has 0 saturated heterocycles. The molecule has 2 aliphatic rings. The molecule has 0 aliphatic heterocycles. The first kappa shape index (κ1) is 16.9. The Bertz CT molecular complexity index is 1030. The van der Waals surface area contributed by atoms with Crippen LogP contribution in [-0.4, -0.2) is 34.4 Å². The zero-order chi connectivity index (χ0) is 18.5. The minimum Gasteiger partial charge on any atom is -0.352 e. The van der Waals surface area contributed by atoms with E-state index < -0.39 is 6.17 Å². The van der Waals surface area contributed by atoms with E-state index in [1.165, 1.54) is 11.3 Å². The van der Waals surface area contributed by atoms with Gasteiger partial charge in [-0.25, -0.2) is 4.39 Å². The van der Waals surface area contributed by atoms with Crippen LogP contribution in [0.5, 0.6) is 0 Å². The third-order valence-corrected chi connectivity index (χ3v) is 7.35. The van der Waals surface area contributed by atoms with Crippen LogP contribution in [0.4, 0.5) is 10.2 Å². The first-order chi connectivity index (χ1) is 13.1. The lowest BCUT2D eigenvalue weighted by molar-refractivity contribution is 0.144. The van der Waals surface area contributed by atoms with Crippen molar-refractivity contribution in [3.05, 3.63) is 40.8 Å². The molecule has 0 spiro atoms. The van der Waals surface area contributed by atoms with Crippen LogP contribution in [-0.2, 0) is 0 Å². The second-order valence-electron chi connectivity index (χ2n) is 7.78.